The molecule has 0 aliphatic carbocycles. The van der Waals surface area contributed by atoms with Crippen LogP contribution in [0.25, 0.3) is 0 Å². The lowest BCUT2D eigenvalue weighted by Gasteiger charge is -2.12. The highest BCUT2D eigenvalue weighted by Gasteiger charge is 2.15. The number of rotatable bonds is 4. The third-order valence-corrected chi connectivity index (χ3v) is 2.52. The summed E-state index contributed by atoms with van der Waals surface area (Å²) < 4.78 is 0. The molecule has 0 aromatic heterocycles. The van der Waals surface area contributed by atoms with Gasteiger partial charge in [-0.15, -0.1) is 0 Å². The van der Waals surface area contributed by atoms with Crippen molar-refractivity contribution in [1.29, 1.82) is 5.26 Å². The number of benzene rings is 1. The summed E-state index contributed by atoms with van der Waals surface area (Å²) in [4.78, 5) is 11.6. The highest BCUT2D eigenvalue weighted by atomic mass is 35.5. The lowest BCUT2D eigenvalue weighted by molar-refractivity contribution is -0.121. The predicted octanol–water partition coefficient (Wildman–Crippen LogP) is 2.86. The fraction of sp³-hybridized carbons (Fsp3) is 0.385. The van der Waals surface area contributed by atoms with Gasteiger partial charge in [-0.3, -0.25) is 4.79 Å². The van der Waals surface area contributed by atoms with Crippen LogP contribution in [0.4, 0.5) is 0 Å². The number of nitrogens with one attached hydrogen (secondary N) is 1. The molecule has 0 bridgehead atoms. The van der Waals surface area contributed by atoms with Crippen LogP contribution in [0.3, 0.4) is 0 Å². The van der Waals surface area contributed by atoms with Crippen molar-refractivity contribution in [2.45, 2.75) is 32.2 Å². The Bertz CT molecular complexity index is 420. The topological polar surface area (TPSA) is 52.9 Å². The van der Waals surface area contributed by atoms with Crippen molar-refractivity contribution < 1.29 is 4.79 Å². The highest BCUT2D eigenvalue weighted by molar-refractivity contribution is 6.30. The van der Waals surface area contributed by atoms with E-state index in [1.54, 1.807) is 24.3 Å². The Morgan fingerprint density at radius 1 is 1.41 bits per heavy atom. The molecule has 1 N–H and O–H groups in total. The minimum Gasteiger partial charge on any atom is -0.354 e. The monoisotopic (exact) mass is 250 g/mol. The van der Waals surface area contributed by atoms with Gasteiger partial charge in [0.15, 0.2) is 0 Å². The molecule has 0 fully saturated rings. The minimum atomic E-state index is -0.425. The normalized spacial score (nSPS) is 11.9. The Morgan fingerprint density at radius 2 is 2.00 bits per heavy atom. The minimum absolute atomic E-state index is 0.0899. The van der Waals surface area contributed by atoms with Crippen LogP contribution in [-0.4, -0.2) is 11.9 Å². The number of carbonyl (C=O) groups excluding carboxylic acids is 1. The summed E-state index contributed by atoms with van der Waals surface area (Å²) in [7, 11) is 0. The average molecular weight is 251 g/mol. The van der Waals surface area contributed by atoms with E-state index in [1.165, 1.54) is 0 Å². The van der Waals surface area contributed by atoms with E-state index in [9.17, 15) is 4.79 Å². The molecule has 0 aliphatic rings. The zero-order valence-electron chi connectivity index (χ0n) is 9.90. The summed E-state index contributed by atoms with van der Waals surface area (Å²) in [6.07, 6.45) is 0.177. The van der Waals surface area contributed by atoms with Gasteiger partial charge in [-0.1, -0.05) is 23.7 Å². The quantitative estimate of drug-likeness (QED) is 0.893. The Kier molecular flexibility index (Phi) is 4.99. The van der Waals surface area contributed by atoms with Gasteiger partial charge in [0.25, 0.3) is 0 Å². The van der Waals surface area contributed by atoms with E-state index in [0.29, 0.717) is 5.02 Å². The number of amides is 1. The molecule has 90 valence electrons. The maximum Gasteiger partial charge on any atom is 0.221 e. The number of hydrogen-bond donors (Lipinski definition) is 1. The maximum absolute atomic E-state index is 11.6. The van der Waals surface area contributed by atoms with Gasteiger partial charge in [0, 0.05) is 17.5 Å². The van der Waals surface area contributed by atoms with Crippen molar-refractivity contribution in [2.75, 3.05) is 0 Å². The fourth-order valence-corrected chi connectivity index (χ4v) is 1.63. The lowest BCUT2D eigenvalue weighted by atomic mass is 9.97. The largest absolute Gasteiger partial charge is 0.354 e. The van der Waals surface area contributed by atoms with Crippen molar-refractivity contribution in [1.82, 2.24) is 5.32 Å². The summed E-state index contributed by atoms with van der Waals surface area (Å²) in [6.45, 7) is 3.78. The molecule has 0 radical (unpaired) electrons. The van der Waals surface area contributed by atoms with Gasteiger partial charge in [-0.05, 0) is 31.5 Å². The molecule has 1 aromatic rings. The molecule has 1 amide bonds. The predicted molar refractivity (Wildman–Crippen MR) is 67.7 cm³/mol. The van der Waals surface area contributed by atoms with Crippen LogP contribution in [0, 0.1) is 11.3 Å². The molecular formula is C13H15ClN2O. The van der Waals surface area contributed by atoms with Crippen LogP contribution in [0.5, 0.6) is 0 Å². The fourth-order valence-electron chi connectivity index (χ4n) is 1.50. The highest BCUT2D eigenvalue weighted by Crippen LogP contribution is 2.20. The SMILES string of the molecule is CC(C)NC(=O)CC(C#N)c1ccc(Cl)cc1. The Balaban J connectivity index is 2.70. The molecule has 1 atom stereocenters. The molecule has 0 saturated carbocycles. The van der Waals surface area contributed by atoms with Crippen molar-refractivity contribution in [2.24, 2.45) is 0 Å². The van der Waals surface area contributed by atoms with Crippen LogP contribution in [-0.2, 0) is 4.79 Å². The summed E-state index contributed by atoms with van der Waals surface area (Å²) >= 11 is 5.77. The number of carbonyl (C=O) groups is 1. The smallest absolute Gasteiger partial charge is 0.221 e. The number of nitriles is 1. The first-order valence-electron chi connectivity index (χ1n) is 5.47. The van der Waals surface area contributed by atoms with E-state index in [1.807, 2.05) is 13.8 Å². The van der Waals surface area contributed by atoms with Gasteiger partial charge in [0.1, 0.15) is 0 Å². The molecule has 1 aromatic carbocycles. The molecule has 4 heteroatoms. The van der Waals surface area contributed by atoms with E-state index in [-0.39, 0.29) is 18.4 Å². The average Bonchev–Trinajstić information content (AvgIpc) is 2.26. The molecule has 0 aliphatic heterocycles. The van der Waals surface area contributed by atoms with Gasteiger partial charge < -0.3 is 5.32 Å². The number of hydrogen-bond acceptors (Lipinski definition) is 2. The maximum atomic E-state index is 11.6. The second-order valence-electron chi connectivity index (χ2n) is 4.16. The molecule has 0 spiro atoms. The summed E-state index contributed by atoms with van der Waals surface area (Å²) in [5.74, 6) is -0.535. The first-order valence-corrected chi connectivity index (χ1v) is 5.85. The van der Waals surface area contributed by atoms with Crippen LogP contribution >= 0.6 is 11.6 Å². The zero-order chi connectivity index (χ0) is 12.8. The Labute approximate surface area is 106 Å². The standard InChI is InChI=1S/C13H15ClN2O/c1-9(2)16-13(17)7-11(8-15)10-3-5-12(14)6-4-10/h3-6,9,11H,7H2,1-2H3,(H,16,17). The zero-order valence-corrected chi connectivity index (χ0v) is 10.7. The molecule has 1 unspecified atom stereocenters. The van der Waals surface area contributed by atoms with Gasteiger partial charge in [0.2, 0.25) is 5.91 Å². The van der Waals surface area contributed by atoms with Gasteiger partial charge in [-0.2, -0.15) is 5.26 Å². The Hall–Kier alpha value is -1.53. The molecule has 0 saturated heterocycles. The summed E-state index contributed by atoms with van der Waals surface area (Å²) in [5.41, 5.74) is 0.816. The van der Waals surface area contributed by atoms with E-state index in [2.05, 4.69) is 11.4 Å². The van der Waals surface area contributed by atoms with Crippen LogP contribution in [0.2, 0.25) is 5.02 Å². The van der Waals surface area contributed by atoms with Gasteiger partial charge in [-0.25, -0.2) is 0 Å². The van der Waals surface area contributed by atoms with E-state index >= 15 is 0 Å². The Morgan fingerprint density at radius 3 is 2.47 bits per heavy atom. The van der Waals surface area contributed by atoms with E-state index < -0.39 is 5.92 Å². The van der Waals surface area contributed by atoms with Gasteiger partial charge in [0.05, 0.1) is 12.0 Å². The first kappa shape index (κ1) is 13.5. The first-order chi connectivity index (χ1) is 8.02. The number of halogens is 1. The molecule has 17 heavy (non-hydrogen) atoms. The molecule has 1 rings (SSSR count). The molecular weight excluding hydrogens is 236 g/mol. The lowest BCUT2D eigenvalue weighted by Crippen LogP contribution is -2.31. The second-order valence-corrected chi connectivity index (χ2v) is 4.60. The number of nitrogens with zero attached hydrogens (tertiary/aromatic N) is 1. The van der Waals surface area contributed by atoms with Crippen molar-refractivity contribution in [3.05, 3.63) is 34.9 Å². The van der Waals surface area contributed by atoms with Crippen molar-refractivity contribution in [3.63, 3.8) is 0 Å². The van der Waals surface area contributed by atoms with Crippen molar-refractivity contribution >= 4 is 17.5 Å². The van der Waals surface area contributed by atoms with E-state index in [0.717, 1.165) is 5.56 Å². The molecule has 0 heterocycles. The summed E-state index contributed by atoms with van der Waals surface area (Å²) in [5, 5.41) is 12.5. The molecule has 3 nitrogen and oxygen atoms in total. The van der Waals surface area contributed by atoms with Crippen LogP contribution in [0.15, 0.2) is 24.3 Å². The van der Waals surface area contributed by atoms with Gasteiger partial charge >= 0.3 is 0 Å². The van der Waals surface area contributed by atoms with Crippen LogP contribution < -0.4 is 5.32 Å². The van der Waals surface area contributed by atoms with Crippen molar-refractivity contribution in [3.8, 4) is 6.07 Å². The third-order valence-electron chi connectivity index (χ3n) is 2.27. The third kappa shape index (κ3) is 4.46. The summed E-state index contributed by atoms with van der Waals surface area (Å²) in [6, 6.07) is 9.23. The van der Waals surface area contributed by atoms with Crippen LogP contribution in [0.1, 0.15) is 31.7 Å². The second kappa shape index (κ2) is 6.27. The van der Waals surface area contributed by atoms with E-state index in [4.69, 9.17) is 16.9 Å².